The number of urea groups is 1. The van der Waals surface area contributed by atoms with Crippen LogP contribution in [0.5, 0.6) is 0 Å². The van der Waals surface area contributed by atoms with Gasteiger partial charge in [-0.15, -0.1) is 0 Å². The van der Waals surface area contributed by atoms with Gasteiger partial charge in [0.05, 0.1) is 0 Å². The quantitative estimate of drug-likeness (QED) is 0.755. The van der Waals surface area contributed by atoms with Gasteiger partial charge >= 0.3 is 6.03 Å². The lowest BCUT2D eigenvalue weighted by Gasteiger charge is -2.33. The number of nitrogens with zero attached hydrogens (tertiary/aromatic N) is 2. The van der Waals surface area contributed by atoms with Crippen LogP contribution in [-0.4, -0.2) is 59.4 Å². The molecule has 2 saturated heterocycles. The Bertz CT molecular complexity index is 789. The van der Waals surface area contributed by atoms with Crippen LogP contribution in [0.25, 0.3) is 0 Å². The minimum atomic E-state index is -0.804. The zero-order chi connectivity index (χ0) is 20.6. The molecular weight excluding hydrogens is 368 g/mol. The first kappa shape index (κ1) is 19.9. The Morgan fingerprint density at radius 3 is 2.52 bits per heavy atom. The van der Waals surface area contributed by atoms with Gasteiger partial charge in [0.15, 0.2) is 0 Å². The Morgan fingerprint density at radius 1 is 1.17 bits per heavy atom. The van der Waals surface area contributed by atoms with Crippen LogP contribution < -0.4 is 11.1 Å². The lowest BCUT2D eigenvalue weighted by Crippen LogP contribution is -2.50. The van der Waals surface area contributed by atoms with E-state index in [1.165, 1.54) is 5.56 Å². The van der Waals surface area contributed by atoms with E-state index in [2.05, 4.69) is 24.4 Å². The highest BCUT2D eigenvalue weighted by Crippen LogP contribution is 2.37. The van der Waals surface area contributed by atoms with Gasteiger partial charge in [0.25, 0.3) is 5.91 Å². The minimum Gasteiger partial charge on any atom is -0.340 e. The average Bonchev–Trinajstić information content (AvgIpc) is 3.26. The Hall–Kier alpha value is -2.41. The monoisotopic (exact) mass is 398 g/mol. The summed E-state index contributed by atoms with van der Waals surface area (Å²) in [7, 11) is 0. The molecule has 2 aliphatic heterocycles. The van der Waals surface area contributed by atoms with Gasteiger partial charge in [0.1, 0.15) is 12.1 Å². The van der Waals surface area contributed by atoms with Crippen molar-refractivity contribution >= 4 is 17.8 Å². The summed E-state index contributed by atoms with van der Waals surface area (Å²) in [5.74, 6) is 0.493. The van der Waals surface area contributed by atoms with E-state index in [4.69, 9.17) is 5.73 Å². The minimum absolute atomic E-state index is 0.177. The number of nitrogens with two attached hydrogens (primary N) is 1. The molecule has 7 heteroatoms. The molecule has 0 unspecified atom stereocenters. The van der Waals surface area contributed by atoms with E-state index in [9.17, 15) is 14.4 Å². The first-order valence-electron chi connectivity index (χ1n) is 10.6. The molecule has 1 aromatic carbocycles. The summed E-state index contributed by atoms with van der Waals surface area (Å²) in [6.07, 6.45) is 3.13. The third kappa shape index (κ3) is 3.64. The Morgan fingerprint density at radius 2 is 1.86 bits per heavy atom. The van der Waals surface area contributed by atoms with Crippen LogP contribution in [-0.2, 0) is 9.59 Å². The Kier molecular flexibility index (Phi) is 5.34. The maximum absolute atomic E-state index is 13.0. The highest BCUT2D eigenvalue weighted by atomic mass is 16.2. The van der Waals surface area contributed by atoms with Crippen molar-refractivity contribution in [2.75, 3.05) is 26.2 Å². The Balaban J connectivity index is 1.43. The first-order chi connectivity index (χ1) is 13.9. The second kappa shape index (κ2) is 7.78. The summed E-state index contributed by atoms with van der Waals surface area (Å²) >= 11 is 0. The number of nitrogens with one attached hydrogen (secondary N) is 1. The third-order valence-electron chi connectivity index (χ3n) is 6.99. The molecule has 1 aromatic rings. The van der Waals surface area contributed by atoms with Crippen molar-refractivity contribution in [3.63, 3.8) is 0 Å². The van der Waals surface area contributed by atoms with Crippen molar-refractivity contribution in [2.45, 2.75) is 44.1 Å². The van der Waals surface area contributed by atoms with Gasteiger partial charge in [-0.05, 0) is 49.6 Å². The second-order valence-electron chi connectivity index (χ2n) is 8.90. The molecule has 4 amide bonds. The number of likely N-dealkylation sites (tertiary alicyclic amines) is 1. The van der Waals surface area contributed by atoms with Gasteiger partial charge in [-0.3, -0.25) is 14.5 Å². The van der Waals surface area contributed by atoms with E-state index < -0.39 is 11.6 Å². The summed E-state index contributed by atoms with van der Waals surface area (Å²) in [6.45, 7) is 3.59. The van der Waals surface area contributed by atoms with Gasteiger partial charge in [-0.1, -0.05) is 37.3 Å². The highest BCUT2D eigenvalue weighted by molar-refractivity contribution is 6.09. The van der Waals surface area contributed by atoms with Crippen LogP contribution in [0.4, 0.5) is 4.79 Å². The topological polar surface area (TPSA) is 95.7 Å². The van der Waals surface area contributed by atoms with E-state index in [0.717, 1.165) is 17.7 Å². The molecule has 0 bridgehead atoms. The van der Waals surface area contributed by atoms with E-state index >= 15 is 0 Å². The maximum Gasteiger partial charge on any atom is 0.325 e. The zero-order valence-corrected chi connectivity index (χ0v) is 17.0. The zero-order valence-electron chi connectivity index (χ0n) is 17.0. The van der Waals surface area contributed by atoms with Crippen molar-refractivity contribution in [2.24, 2.45) is 17.6 Å². The van der Waals surface area contributed by atoms with Gasteiger partial charge in [0.2, 0.25) is 5.91 Å². The molecule has 156 valence electrons. The average molecular weight is 399 g/mol. The molecule has 2 heterocycles. The number of carbonyl (C=O) groups excluding carboxylic acids is 3. The number of amides is 4. The molecule has 2 atom stereocenters. The summed E-state index contributed by atoms with van der Waals surface area (Å²) in [5, 5.41) is 2.89. The smallest absolute Gasteiger partial charge is 0.325 e. The van der Waals surface area contributed by atoms with Crippen molar-refractivity contribution in [1.82, 2.24) is 15.1 Å². The fourth-order valence-corrected chi connectivity index (χ4v) is 5.04. The van der Waals surface area contributed by atoms with Gasteiger partial charge in [-0.2, -0.15) is 0 Å². The number of rotatable bonds is 4. The van der Waals surface area contributed by atoms with Crippen LogP contribution >= 0.6 is 0 Å². The molecular formula is C22H30N4O3. The summed E-state index contributed by atoms with van der Waals surface area (Å²) in [5.41, 5.74) is 6.34. The van der Waals surface area contributed by atoms with Gasteiger partial charge in [-0.25, -0.2) is 4.79 Å². The molecule has 29 heavy (non-hydrogen) atoms. The number of imide groups is 1. The third-order valence-corrected chi connectivity index (χ3v) is 6.99. The SMILES string of the molecule is CC1CCC2(CC1)NC(=O)N(CC(=O)N1C[C@@H](CN)[C@H](c3ccccc3)C1)C2=O. The van der Waals surface area contributed by atoms with Crippen molar-refractivity contribution in [1.29, 1.82) is 0 Å². The molecule has 0 aromatic heterocycles. The van der Waals surface area contributed by atoms with E-state index in [0.29, 0.717) is 38.4 Å². The summed E-state index contributed by atoms with van der Waals surface area (Å²) < 4.78 is 0. The first-order valence-corrected chi connectivity index (χ1v) is 10.6. The molecule has 3 N–H and O–H groups in total. The number of benzene rings is 1. The summed E-state index contributed by atoms with van der Waals surface area (Å²) in [6, 6.07) is 9.64. The lowest BCUT2D eigenvalue weighted by atomic mass is 9.77. The van der Waals surface area contributed by atoms with Crippen LogP contribution in [0.15, 0.2) is 30.3 Å². The number of hydrogen-bond donors (Lipinski definition) is 2. The number of hydrogen-bond acceptors (Lipinski definition) is 4. The van der Waals surface area contributed by atoms with Crippen molar-refractivity contribution < 1.29 is 14.4 Å². The predicted octanol–water partition coefficient (Wildman–Crippen LogP) is 1.69. The predicted molar refractivity (Wildman–Crippen MR) is 109 cm³/mol. The van der Waals surface area contributed by atoms with Crippen molar-refractivity contribution in [3.8, 4) is 0 Å². The fourth-order valence-electron chi connectivity index (χ4n) is 5.04. The molecule has 1 spiro atoms. The normalized spacial score (nSPS) is 32.1. The largest absolute Gasteiger partial charge is 0.340 e. The van der Waals surface area contributed by atoms with Gasteiger partial charge < -0.3 is 16.0 Å². The van der Waals surface area contributed by atoms with Crippen LogP contribution in [0, 0.1) is 11.8 Å². The van der Waals surface area contributed by atoms with E-state index in [1.807, 2.05) is 18.2 Å². The fraction of sp³-hybridized carbons (Fsp3) is 0.591. The molecule has 4 rings (SSSR count). The molecule has 1 saturated carbocycles. The van der Waals surface area contributed by atoms with E-state index in [1.54, 1.807) is 4.90 Å². The Labute approximate surface area is 171 Å². The van der Waals surface area contributed by atoms with Crippen LogP contribution in [0.2, 0.25) is 0 Å². The maximum atomic E-state index is 13.0. The standard InChI is InChI=1S/C22H30N4O3/c1-15-7-9-22(10-8-15)20(28)26(21(29)24-22)14-19(27)25-12-17(11-23)18(13-25)16-5-3-2-4-6-16/h2-6,15,17-18H,7-14,23H2,1H3,(H,24,29)/t15?,17-,18+,22?/m1/s1. The highest BCUT2D eigenvalue weighted by Gasteiger charge is 2.52. The lowest BCUT2D eigenvalue weighted by molar-refractivity contribution is -0.139. The van der Waals surface area contributed by atoms with Crippen LogP contribution in [0.3, 0.4) is 0 Å². The van der Waals surface area contributed by atoms with Crippen molar-refractivity contribution in [3.05, 3.63) is 35.9 Å². The van der Waals surface area contributed by atoms with Crippen LogP contribution in [0.1, 0.15) is 44.1 Å². The molecule has 1 aliphatic carbocycles. The molecule has 7 nitrogen and oxygen atoms in total. The molecule has 3 aliphatic rings. The molecule has 3 fully saturated rings. The summed E-state index contributed by atoms with van der Waals surface area (Å²) in [4.78, 5) is 41.3. The van der Waals surface area contributed by atoms with E-state index in [-0.39, 0.29) is 30.2 Å². The molecule has 0 radical (unpaired) electrons. The van der Waals surface area contributed by atoms with Gasteiger partial charge in [0, 0.05) is 19.0 Å². The number of carbonyl (C=O) groups is 3. The second-order valence-corrected chi connectivity index (χ2v) is 8.90.